The first kappa shape index (κ1) is 28.4. The third-order valence-corrected chi connectivity index (χ3v) is 8.57. The summed E-state index contributed by atoms with van der Waals surface area (Å²) >= 11 is 7.55. The number of thiophene rings is 1. The van der Waals surface area contributed by atoms with E-state index < -0.39 is 29.4 Å². The smallest absolute Gasteiger partial charge is 0.337 e. The van der Waals surface area contributed by atoms with Crippen molar-refractivity contribution in [3.05, 3.63) is 104 Å². The van der Waals surface area contributed by atoms with Gasteiger partial charge in [0.2, 0.25) is 0 Å². The molecule has 0 aliphatic carbocycles. The molecule has 0 atom stereocenters. The molecule has 0 radical (unpaired) electrons. The normalized spacial score (nSPS) is 12.4. The fourth-order valence-corrected chi connectivity index (χ4v) is 6.56. The second-order valence-corrected chi connectivity index (χ2v) is 10.8. The van der Waals surface area contributed by atoms with E-state index in [0.717, 1.165) is 28.0 Å². The number of carbonyl (C=O) groups excluding carboxylic acids is 1. The largest absolute Gasteiger partial charge is 0.486 e. The maximum Gasteiger partial charge on any atom is 0.337 e. The Balaban J connectivity index is 1.60. The Morgan fingerprint density at radius 2 is 1.67 bits per heavy atom. The Hall–Kier alpha value is -4.68. The molecule has 3 aromatic carbocycles. The number of fused-ring (bicyclic) bond motifs is 2. The number of aromatic nitrogens is 2. The van der Waals surface area contributed by atoms with Crippen molar-refractivity contribution < 1.29 is 23.0 Å². The Morgan fingerprint density at radius 1 is 0.977 bits per heavy atom. The maximum atomic E-state index is 14.8. The van der Waals surface area contributed by atoms with Crippen LogP contribution in [0.2, 0.25) is 0 Å². The molecule has 0 bridgehead atoms. The number of nitrogens with one attached hydrogen (secondary N) is 2. The molecule has 1 aliphatic rings. The average molecular weight is 625 g/mol. The minimum Gasteiger partial charge on any atom is -0.486 e. The number of ether oxygens (including phenoxy) is 2. The van der Waals surface area contributed by atoms with E-state index in [2.05, 4.69) is 10.6 Å². The summed E-state index contributed by atoms with van der Waals surface area (Å²) in [5.74, 6) is -0.922. The van der Waals surface area contributed by atoms with Gasteiger partial charge in [-0.05, 0) is 42.0 Å². The molecule has 220 valence electrons. The van der Waals surface area contributed by atoms with Crippen molar-refractivity contribution in [3.8, 4) is 27.6 Å². The van der Waals surface area contributed by atoms with Gasteiger partial charge in [-0.2, -0.15) is 0 Å². The van der Waals surface area contributed by atoms with Crippen molar-refractivity contribution in [2.24, 2.45) is 0 Å². The molecule has 0 fully saturated rings. The molecular weight excluding hydrogens is 602 g/mol. The zero-order valence-electron chi connectivity index (χ0n) is 22.6. The number of alkyl halides is 1. The standard InChI is InChI=1S/C30H23ClF2N4O5S/c1-34-29(39)35-17-7-5-16(6-8-17)26-19(14-31)25-27(38)37(18-9-10-23-24(13-18)42-12-11-41-23)30(40)36(28(25)43-26)15-20-21(32)3-2-4-22(20)33/h2-10,13H,11-12,14-15H2,1H3,(H2,34,35,39). The summed E-state index contributed by atoms with van der Waals surface area (Å²) in [7, 11) is 1.50. The van der Waals surface area contributed by atoms with E-state index in [1.165, 1.54) is 23.7 Å². The summed E-state index contributed by atoms with van der Waals surface area (Å²) < 4.78 is 43.0. The molecule has 5 aromatic rings. The number of hydrogen-bond acceptors (Lipinski definition) is 6. The lowest BCUT2D eigenvalue weighted by atomic mass is 10.1. The number of carbonyl (C=O) groups is 1. The van der Waals surface area contributed by atoms with Crippen LogP contribution in [0, 0.1) is 11.6 Å². The van der Waals surface area contributed by atoms with Crippen LogP contribution in [-0.4, -0.2) is 35.4 Å². The lowest BCUT2D eigenvalue weighted by molar-refractivity contribution is 0.171. The van der Waals surface area contributed by atoms with Crippen molar-refractivity contribution in [2.45, 2.75) is 12.4 Å². The molecule has 0 saturated heterocycles. The quantitative estimate of drug-likeness (QED) is 0.244. The van der Waals surface area contributed by atoms with Crippen LogP contribution < -0.4 is 31.4 Å². The third-order valence-electron chi connectivity index (χ3n) is 7.00. The highest BCUT2D eigenvalue weighted by molar-refractivity contribution is 7.22. The number of amides is 2. The van der Waals surface area contributed by atoms with Gasteiger partial charge in [0.25, 0.3) is 5.56 Å². The number of urea groups is 1. The van der Waals surface area contributed by atoms with Crippen LogP contribution in [0.1, 0.15) is 11.1 Å². The van der Waals surface area contributed by atoms with Gasteiger partial charge in [0.15, 0.2) is 11.5 Å². The van der Waals surface area contributed by atoms with Gasteiger partial charge in [-0.3, -0.25) is 9.36 Å². The zero-order valence-corrected chi connectivity index (χ0v) is 24.2. The van der Waals surface area contributed by atoms with Crippen molar-refractivity contribution in [1.82, 2.24) is 14.5 Å². The minimum absolute atomic E-state index is 0.0871. The SMILES string of the molecule is CNC(=O)Nc1ccc(-c2sc3c(c2CCl)c(=O)n(-c2ccc4c(c2)OCCO4)c(=O)n3Cc2c(F)cccc2F)cc1. The zero-order chi connectivity index (χ0) is 30.2. The number of rotatable bonds is 6. The summed E-state index contributed by atoms with van der Waals surface area (Å²) in [4.78, 5) is 40.7. The number of nitrogens with zero attached hydrogens (tertiary/aromatic N) is 2. The van der Waals surface area contributed by atoms with Crippen molar-refractivity contribution in [2.75, 3.05) is 25.6 Å². The summed E-state index contributed by atoms with van der Waals surface area (Å²) in [5.41, 5.74) is 0.0823. The van der Waals surface area contributed by atoms with E-state index in [9.17, 15) is 23.2 Å². The van der Waals surface area contributed by atoms with Crippen LogP contribution in [0.25, 0.3) is 26.3 Å². The summed E-state index contributed by atoms with van der Waals surface area (Å²) in [6, 6.07) is 14.6. The number of halogens is 3. The van der Waals surface area contributed by atoms with Crippen molar-refractivity contribution >= 4 is 44.9 Å². The van der Waals surface area contributed by atoms with E-state index in [1.54, 1.807) is 36.4 Å². The van der Waals surface area contributed by atoms with E-state index >= 15 is 0 Å². The van der Waals surface area contributed by atoms with Crippen LogP contribution >= 0.6 is 22.9 Å². The molecule has 13 heteroatoms. The van der Waals surface area contributed by atoms with Gasteiger partial charge in [-0.25, -0.2) is 22.9 Å². The van der Waals surface area contributed by atoms with Crippen LogP contribution in [0.4, 0.5) is 19.3 Å². The molecule has 0 spiro atoms. The van der Waals surface area contributed by atoms with Gasteiger partial charge in [0.1, 0.15) is 29.7 Å². The lowest BCUT2D eigenvalue weighted by Crippen LogP contribution is -2.39. The topological polar surface area (TPSA) is 104 Å². The Labute approximate surface area is 251 Å². The van der Waals surface area contributed by atoms with Gasteiger partial charge < -0.3 is 20.1 Å². The molecule has 43 heavy (non-hydrogen) atoms. The first-order valence-electron chi connectivity index (χ1n) is 13.1. The molecular formula is C30H23ClF2N4O5S. The third kappa shape index (κ3) is 5.12. The molecule has 2 aromatic heterocycles. The predicted molar refractivity (Wildman–Crippen MR) is 161 cm³/mol. The highest BCUT2D eigenvalue weighted by atomic mass is 35.5. The van der Waals surface area contributed by atoms with Crippen molar-refractivity contribution in [3.63, 3.8) is 0 Å². The maximum absolute atomic E-state index is 14.8. The lowest BCUT2D eigenvalue weighted by Gasteiger charge is -2.19. The second-order valence-electron chi connectivity index (χ2n) is 9.54. The average Bonchev–Trinajstić information content (AvgIpc) is 3.40. The van der Waals surface area contributed by atoms with Gasteiger partial charge in [-0.1, -0.05) is 18.2 Å². The molecule has 3 heterocycles. The Morgan fingerprint density at radius 3 is 2.35 bits per heavy atom. The van der Waals surface area contributed by atoms with E-state index in [4.69, 9.17) is 21.1 Å². The molecule has 9 nitrogen and oxygen atoms in total. The Kier molecular flexibility index (Phi) is 7.63. The van der Waals surface area contributed by atoms with Crippen LogP contribution in [0.5, 0.6) is 11.5 Å². The number of anilines is 1. The summed E-state index contributed by atoms with van der Waals surface area (Å²) in [5, 5.41) is 5.30. The van der Waals surface area contributed by atoms with E-state index in [-0.39, 0.29) is 33.4 Å². The molecule has 2 amide bonds. The highest BCUT2D eigenvalue weighted by Gasteiger charge is 2.25. The number of benzene rings is 3. The Bertz CT molecular complexity index is 1990. The summed E-state index contributed by atoms with van der Waals surface area (Å²) in [6.07, 6.45) is 0. The van der Waals surface area contributed by atoms with Crippen LogP contribution in [0.3, 0.4) is 0 Å². The second kappa shape index (κ2) is 11.5. The van der Waals surface area contributed by atoms with Gasteiger partial charge in [-0.15, -0.1) is 22.9 Å². The monoisotopic (exact) mass is 624 g/mol. The summed E-state index contributed by atoms with van der Waals surface area (Å²) in [6.45, 7) is 0.178. The van der Waals surface area contributed by atoms with Gasteiger partial charge in [0.05, 0.1) is 17.6 Å². The molecule has 2 N–H and O–H groups in total. The molecule has 0 unspecified atom stereocenters. The van der Waals surface area contributed by atoms with Gasteiger partial charge in [0, 0.05) is 40.7 Å². The van der Waals surface area contributed by atoms with Crippen LogP contribution in [-0.2, 0) is 12.4 Å². The fraction of sp³-hybridized carbons (Fsp3) is 0.167. The first-order chi connectivity index (χ1) is 20.8. The first-order valence-corrected chi connectivity index (χ1v) is 14.4. The minimum atomic E-state index is -0.828. The van der Waals surface area contributed by atoms with E-state index in [0.29, 0.717) is 46.4 Å². The molecule has 1 aliphatic heterocycles. The molecule has 6 rings (SSSR count). The number of hydrogen-bond donors (Lipinski definition) is 2. The predicted octanol–water partition coefficient (Wildman–Crippen LogP) is 5.47. The molecule has 0 saturated carbocycles. The fourth-order valence-electron chi connectivity index (χ4n) is 4.91. The van der Waals surface area contributed by atoms with E-state index in [1.807, 2.05) is 0 Å². The highest BCUT2D eigenvalue weighted by Crippen LogP contribution is 2.39. The van der Waals surface area contributed by atoms with Crippen molar-refractivity contribution in [1.29, 1.82) is 0 Å². The van der Waals surface area contributed by atoms with Gasteiger partial charge >= 0.3 is 11.7 Å². The van der Waals surface area contributed by atoms with Crippen LogP contribution in [0.15, 0.2) is 70.3 Å².